The third kappa shape index (κ3) is 7.94. The van der Waals surface area contributed by atoms with Crippen LogP contribution in [0.4, 0.5) is 5.69 Å². The van der Waals surface area contributed by atoms with E-state index in [-0.39, 0.29) is 22.3 Å². The second kappa shape index (κ2) is 14.6. The Hall–Kier alpha value is -4.24. The van der Waals surface area contributed by atoms with E-state index < -0.39 is 11.8 Å². The molecule has 0 unspecified atom stereocenters. The number of anilines is 1. The molecule has 0 heterocycles. The summed E-state index contributed by atoms with van der Waals surface area (Å²) < 4.78 is 10.5. The Kier molecular flexibility index (Phi) is 10.7. The summed E-state index contributed by atoms with van der Waals surface area (Å²) in [7, 11) is 3.04. The Labute approximate surface area is 257 Å². The fraction of sp³-hybridized carbons (Fsp3) is 0.0938. The van der Waals surface area contributed by atoms with Crippen molar-refractivity contribution in [3.63, 3.8) is 0 Å². The first-order valence-electron chi connectivity index (χ1n) is 12.6. The van der Waals surface area contributed by atoms with Crippen LogP contribution in [0, 0.1) is 0 Å². The van der Waals surface area contributed by atoms with Gasteiger partial charge in [-0.3, -0.25) is 14.4 Å². The molecule has 0 bridgehead atoms. The predicted octanol–water partition coefficient (Wildman–Crippen LogP) is 7.40. The third-order valence-electron chi connectivity index (χ3n) is 5.98. The lowest BCUT2D eigenvalue weighted by Gasteiger charge is -2.13. The Morgan fingerprint density at radius 1 is 0.810 bits per heavy atom. The number of carbonyl (C=O) groups excluding carboxylic acids is 3. The Balaban J connectivity index is 1.50. The number of hydrogen-bond acceptors (Lipinski definition) is 6. The van der Waals surface area contributed by atoms with E-state index in [1.807, 2.05) is 6.07 Å². The van der Waals surface area contributed by atoms with Crippen molar-refractivity contribution in [1.29, 1.82) is 0 Å². The number of amides is 2. The summed E-state index contributed by atoms with van der Waals surface area (Å²) in [6, 6.07) is 25.6. The van der Waals surface area contributed by atoms with Crippen LogP contribution in [0.15, 0.2) is 102 Å². The maximum absolute atomic E-state index is 13.4. The molecule has 0 aliphatic carbocycles. The van der Waals surface area contributed by atoms with E-state index >= 15 is 0 Å². The fourth-order valence-corrected chi connectivity index (χ4v) is 5.05. The van der Waals surface area contributed by atoms with Crippen molar-refractivity contribution < 1.29 is 23.9 Å². The summed E-state index contributed by atoms with van der Waals surface area (Å²) >= 11 is 13.8. The molecule has 4 aromatic carbocycles. The summed E-state index contributed by atoms with van der Waals surface area (Å²) in [5, 5.41) is 6.05. The highest BCUT2D eigenvalue weighted by Crippen LogP contribution is 2.30. The van der Waals surface area contributed by atoms with Gasteiger partial charge in [0.25, 0.3) is 11.8 Å². The SMILES string of the molecule is COc1ccc(C(=O)CSc2cccc(NC(=O)/C(=C/c3cccc(Cl)c3Cl)NC(=O)c3ccccc3)c2)cc1OC. The van der Waals surface area contributed by atoms with E-state index in [1.54, 1.807) is 84.9 Å². The van der Waals surface area contributed by atoms with E-state index in [9.17, 15) is 14.4 Å². The van der Waals surface area contributed by atoms with E-state index in [2.05, 4.69) is 10.6 Å². The highest BCUT2D eigenvalue weighted by molar-refractivity contribution is 8.00. The molecule has 0 saturated heterocycles. The van der Waals surface area contributed by atoms with Crippen molar-refractivity contribution in [2.75, 3.05) is 25.3 Å². The van der Waals surface area contributed by atoms with Crippen molar-refractivity contribution in [1.82, 2.24) is 5.32 Å². The lowest BCUT2D eigenvalue weighted by Crippen LogP contribution is -2.30. The third-order valence-corrected chi connectivity index (χ3v) is 7.80. The first-order valence-corrected chi connectivity index (χ1v) is 14.3. The van der Waals surface area contributed by atoms with Gasteiger partial charge in [-0.15, -0.1) is 11.8 Å². The number of ether oxygens (including phenoxy) is 2. The Morgan fingerprint density at radius 3 is 2.29 bits per heavy atom. The van der Waals surface area contributed by atoms with Crippen LogP contribution < -0.4 is 20.1 Å². The van der Waals surface area contributed by atoms with Gasteiger partial charge in [-0.2, -0.15) is 0 Å². The first-order chi connectivity index (χ1) is 20.3. The van der Waals surface area contributed by atoms with E-state index in [0.717, 1.165) is 4.90 Å². The molecule has 0 saturated carbocycles. The molecule has 10 heteroatoms. The highest BCUT2D eigenvalue weighted by Gasteiger charge is 2.17. The number of benzene rings is 4. The predicted molar refractivity (Wildman–Crippen MR) is 168 cm³/mol. The molecule has 42 heavy (non-hydrogen) atoms. The minimum Gasteiger partial charge on any atom is -0.493 e. The first kappa shape index (κ1) is 30.7. The molecule has 0 aromatic heterocycles. The summed E-state index contributed by atoms with van der Waals surface area (Å²) in [5.74, 6) is 0.0458. The van der Waals surface area contributed by atoms with Gasteiger partial charge in [0.15, 0.2) is 17.3 Å². The maximum Gasteiger partial charge on any atom is 0.272 e. The molecular weight excluding hydrogens is 595 g/mol. The standard InChI is InChI=1S/C32H26Cl2N2O5S/c1-40-28-15-14-21(17-29(28)41-2)27(37)19-42-24-12-7-11-23(18-24)35-32(39)26(16-22-10-6-13-25(33)30(22)34)36-31(38)20-8-4-3-5-9-20/h3-18H,19H2,1-2H3,(H,35,39)(H,36,38)/b26-16-. The molecule has 7 nitrogen and oxygen atoms in total. The van der Waals surface area contributed by atoms with Gasteiger partial charge in [0.05, 0.1) is 30.0 Å². The van der Waals surface area contributed by atoms with Crippen LogP contribution in [0.2, 0.25) is 10.0 Å². The number of ketones is 1. The quantitative estimate of drug-likeness (QED) is 0.103. The maximum atomic E-state index is 13.4. The van der Waals surface area contributed by atoms with Crippen molar-refractivity contribution in [3.8, 4) is 11.5 Å². The number of rotatable bonds is 11. The molecule has 4 rings (SSSR count). The van der Waals surface area contributed by atoms with Crippen molar-refractivity contribution >= 4 is 64.3 Å². The minimum atomic E-state index is -0.570. The normalized spacial score (nSPS) is 11.0. The minimum absolute atomic E-state index is 0.0327. The molecule has 0 aliphatic heterocycles. The largest absolute Gasteiger partial charge is 0.493 e. The number of Topliss-reactive ketones (excluding diaryl/α,β-unsaturated/α-hetero) is 1. The summed E-state index contributed by atoms with van der Waals surface area (Å²) in [5.41, 5.74) is 1.77. The molecule has 214 valence electrons. The fourth-order valence-electron chi connectivity index (χ4n) is 3.83. The second-order valence-electron chi connectivity index (χ2n) is 8.78. The van der Waals surface area contributed by atoms with Gasteiger partial charge in [0.1, 0.15) is 5.70 Å². The zero-order valence-corrected chi connectivity index (χ0v) is 25.0. The lowest BCUT2D eigenvalue weighted by atomic mass is 10.1. The van der Waals surface area contributed by atoms with Gasteiger partial charge in [-0.1, -0.05) is 59.6 Å². The Bertz CT molecular complexity index is 1640. The van der Waals surface area contributed by atoms with Gasteiger partial charge in [-0.25, -0.2) is 0 Å². The van der Waals surface area contributed by atoms with E-state index in [1.165, 1.54) is 32.1 Å². The topological polar surface area (TPSA) is 93.7 Å². The molecule has 2 N–H and O–H groups in total. The van der Waals surface area contributed by atoms with Gasteiger partial charge in [0, 0.05) is 21.7 Å². The van der Waals surface area contributed by atoms with Crippen LogP contribution in [-0.2, 0) is 4.79 Å². The van der Waals surface area contributed by atoms with Gasteiger partial charge >= 0.3 is 0 Å². The molecular formula is C32H26Cl2N2O5S. The second-order valence-corrected chi connectivity index (χ2v) is 10.6. The molecule has 0 radical (unpaired) electrons. The molecule has 2 amide bonds. The monoisotopic (exact) mass is 620 g/mol. The molecule has 0 spiro atoms. The van der Waals surface area contributed by atoms with Crippen LogP contribution in [0.1, 0.15) is 26.3 Å². The van der Waals surface area contributed by atoms with Gasteiger partial charge < -0.3 is 20.1 Å². The number of methoxy groups -OCH3 is 2. The summed E-state index contributed by atoms with van der Waals surface area (Å²) in [4.78, 5) is 39.9. The molecule has 4 aromatic rings. The lowest BCUT2D eigenvalue weighted by molar-refractivity contribution is -0.113. The zero-order chi connectivity index (χ0) is 30.1. The highest BCUT2D eigenvalue weighted by atomic mass is 35.5. The van der Waals surface area contributed by atoms with Crippen LogP contribution in [-0.4, -0.2) is 37.6 Å². The average molecular weight is 622 g/mol. The van der Waals surface area contributed by atoms with Crippen LogP contribution >= 0.6 is 35.0 Å². The van der Waals surface area contributed by atoms with Crippen LogP contribution in [0.25, 0.3) is 6.08 Å². The number of nitrogens with one attached hydrogen (secondary N) is 2. The van der Waals surface area contributed by atoms with Gasteiger partial charge in [0.2, 0.25) is 0 Å². The van der Waals surface area contributed by atoms with Crippen molar-refractivity contribution in [2.24, 2.45) is 0 Å². The summed E-state index contributed by atoms with van der Waals surface area (Å²) in [6.45, 7) is 0. The number of hydrogen-bond donors (Lipinski definition) is 2. The zero-order valence-electron chi connectivity index (χ0n) is 22.7. The Morgan fingerprint density at radius 2 is 1.55 bits per heavy atom. The average Bonchev–Trinajstić information content (AvgIpc) is 3.01. The van der Waals surface area contributed by atoms with Crippen molar-refractivity contribution in [3.05, 3.63) is 123 Å². The number of halogens is 2. The van der Waals surface area contributed by atoms with Crippen LogP contribution in [0.3, 0.4) is 0 Å². The van der Waals surface area contributed by atoms with Crippen molar-refractivity contribution in [2.45, 2.75) is 4.90 Å². The summed E-state index contributed by atoms with van der Waals surface area (Å²) in [6.07, 6.45) is 1.46. The van der Waals surface area contributed by atoms with Gasteiger partial charge in [-0.05, 0) is 66.2 Å². The molecule has 0 fully saturated rings. The number of thioether (sulfide) groups is 1. The molecule has 0 aliphatic rings. The van der Waals surface area contributed by atoms with Crippen LogP contribution in [0.5, 0.6) is 11.5 Å². The number of carbonyl (C=O) groups is 3. The molecule has 0 atom stereocenters. The van der Waals surface area contributed by atoms with E-state index in [0.29, 0.717) is 38.9 Å². The van der Waals surface area contributed by atoms with E-state index in [4.69, 9.17) is 32.7 Å². The smallest absolute Gasteiger partial charge is 0.272 e.